The largest absolute Gasteiger partial charge is 0.274 e. The molecule has 0 unspecified atom stereocenters. The summed E-state index contributed by atoms with van der Waals surface area (Å²) in [7, 11) is 0. The Labute approximate surface area is 96.2 Å². The van der Waals surface area contributed by atoms with Gasteiger partial charge in [-0.3, -0.25) is 14.5 Å². The highest BCUT2D eigenvalue weighted by molar-refractivity contribution is 5.97. The number of hydrogen-bond acceptors (Lipinski definition) is 3. The van der Waals surface area contributed by atoms with Gasteiger partial charge < -0.3 is 0 Å². The molecular formula is C12H18N2O2. The zero-order valence-electron chi connectivity index (χ0n) is 9.95. The van der Waals surface area contributed by atoms with E-state index in [1.165, 1.54) is 4.90 Å². The molecule has 0 atom stereocenters. The minimum absolute atomic E-state index is 0.187. The molecule has 4 nitrogen and oxygen atoms in total. The smallest absolute Gasteiger partial charge is 0.230 e. The zero-order chi connectivity index (χ0) is 12.2. The molecule has 4 heteroatoms. The molecule has 1 saturated heterocycles. The lowest BCUT2D eigenvalue weighted by atomic mass is 9.91. The third-order valence-electron chi connectivity index (χ3n) is 3.34. The molecule has 0 saturated carbocycles. The van der Waals surface area contributed by atoms with Crippen molar-refractivity contribution in [3.8, 4) is 6.07 Å². The van der Waals surface area contributed by atoms with E-state index in [1.807, 2.05) is 13.8 Å². The number of nitrogens with zero attached hydrogens (tertiary/aromatic N) is 2. The Morgan fingerprint density at radius 2 is 1.62 bits per heavy atom. The van der Waals surface area contributed by atoms with E-state index in [4.69, 9.17) is 0 Å². The predicted octanol–water partition coefficient (Wildman–Crippen LogP) is 2.00. The maximum atomic E-state index is 11.9. The number of carbonyl (C=O) groups excluding carboxylic acids is 2. The van der Waals surface area contributed by atoms with E-state index < -0.39 is 5.54 Å². The third kappa shape index (κ3) is 2.08. The van der Waals surface area contributed by atoms with Crippen LogP contribution in [0.2, 0.25) is 0 Å². The Balaban J connectivity index is 3.10. The number of rotatable bonds is 3. The molecule has 1 heterocycles. The van der Waals surface area contributed by atoms with Gasteiger partial charge in [-0.1, -0.05) is 13.8 Å². The number of carbonyl (C=O) groups is 2. The van der Waals surface area contributed by atoms with E-state index >= 15 is 0 Å². The highest BCUT2D eigenvalue weighted by atomic mass is 16.2. The first kappa shape index (κ1) is 12.7. The molecule has 0 aliphatic carbocycles. The van der Waals surface area contributed by atoms with Crippen molar-refractivity contribution in [2.24, 2.45) is 0 Å². The average molecular weight is 222 g/mol. The molecule has 1 fully saturated rings. The summed E-state index contributed by atoms with van der Waals surface area (Å²) in [5, 5.41) is 9.26. The first-order valence-electron chi connectivity index (χ1n) is 5.88. The van der Waals surface area contributed by atoms with Gasteiger partial charge in [-0.15, -0.1) is 0 Å². The second-order valence-electron chi connectivity index (χ2n) is 4.18. The lowest BCUT2D eigenvalue weighted by Crippen LogP contribution is -2.52. The van der Waals surface area contributed by atoms with E-state index in [-0.39, 0.29) is 11.8 Å². The Morgan fingerprint density at radius 1 is 1.19 bits per heavy atom. The van der Waals surface area contributed by atoms with Crippen LogP contribution in [0.5, 0.6) is 0 Å². The van der Waals surface area contributed by atoms with Crippen LogP contribution in [0.3, 0.4) is 0 Å². The van der Waals surface area contributed by atoms with Crippen LogP contribution >= 0.6 is 0 Å². The number of likely N-dealkylation sites (tertiary alicyclic amines) is 1. The lowest BCUT2D eigenvalue weighted by Gasteiger charge is -2.35. The normalized spacial score (nSPS) is 18.2. The van der Waals surface area contributed by atoms with Gasteiger partial charge in [0.2, 0.25) is 11.8 Å². The van der Waals surface area contributed by atoms with Gasteiger partial charge in [0, 0.05) is 12.8 Å². The summed E-state index contributed by atoms with van der Waals surface area (Å²) in [6.07, 6.45) is 3.26. The van der Waals surface area contributed by atoms with Crippen molar-refractivity contribution in [2.45, 2.75) is 57.9 Å². The molecule has 1 rings (SSSR count). The molecule has 0 radical (unpaired) electrons. The van der Waals surface area contributed by atoms with Crippen molar-refractivity contribution >= 4 is 11.8 Å². The van der Waals surface area contributed by atoms with Gasteiger partial charge in [0.25, 0.3) is 0 Å². The van der Waals surface area contributed by atoms with Crippen molar-refractivity contribution < 1.29 is 9.59 Å². The molecular weight excluding hydrogens is 204 g/mol. The Hall–Kier alpha value is -1.37. The number of hydrogen-bond donors (Lipinski definition) is 0. The molecule has 0 aromatic heterocycles. The quantitative estimate of drug-likeness (QED) is 0.686. The van der Waals surface area contributed by atoms with Crippen molar-refractivity contribution in [3.63, 3.8) is 0 Å². The maximum Gasteiger partial charge on any atom is 0.230 e. The number of imide groups is 1. The number of amides is 2. The summed E-state index contributed by atoms with van der Waals surface area (Å²) in [5.74, 6) is -0.375. The van der Waals surface area contributed by atoms with Gasteiger partial charge in [-0.25, -0.2) is 0 Å². The van der Waals surface area contributed by atoms with Crippen LogP contribution in [0.1, 0.15) is 52.4 Å². The summed E-state index contributed by atoms with van der Waals surface area (Å²) >= 11 is 0. The topological polar surface area (TPSA) is 61.2 Å². The van der Waals surface area contributed by atoms with Crippen LogP contribution in [0, 0.1) is 11.3 Å². The Morgan fingerprint density at radius 3 is 1.94 bits per heavy atom. The van der Waals surface area contributed by atoms with Crippen molar-refractivity contribution in [2.75, 3.05) is 0 Å². The molecule has 1 aliphatic rings. The minimum Gasteiger partial charge on any atom is -0.274 e. The fraction of sp³-hybridized carbons (Fsp3) is 0.750. The Kier molecular flexibility index (Phi) is 4.05. The van der Waals surface area contributed by atoms with E-state index in [2.05, 4.69) is 6.07 Å². The minimum atomic E-state index is -0.932. The lowest BCUT2D eigenvalue weighted by molar-refractivity contribution is -0.149. The first-order chi connectivity index (χ1) is 7.61. The predicted molar refractivity (Wildman–Crippen MR) is 59.2 cm³/mol. The average Bonchev–Trinajstić information content (AvgIpc) is 2.46. The standard InChI is InChI=1S/C12H18N2O2/c1-3-12(4-2,9-13)14-10(15)7-5-6-8-11(14)16/h3-8H2,1-2H3. The summed E-state index contributed by atoms with van der Waals surface area (Å²) < 4.78 is 0. The summed E-state index contributed by atoms with van der Waals surface area (Å²) in [5.41, 5.74) is -0.932. The van der Waals surface area contributed by atoms with E-state index in [1.54, 1.807) is 0 Å². The van der Waals surface area contributed by atoms with Gasteiger partial charge in [0.15, 0.2) is 0 Å². The summed E-state index contributed by atoms with van der Waals surface area (Å²) in [4.78, 5) is 25.0. The van der Waals surface area contributed by atoms with Gasteiger partial charge in [0.1, 0.15) is 5.54 Å². The fourth-order valence-corrected chi connectivity index (χ4v) is 2.17. The molecule has 0 aromatic rings. The van der Waals surface area contributed by atoms with Gasteiger partial charge in [0.05, 0.1) is 6.07 Å². The van der Waals surface area contributed by atoms with Crippen LogP contribution in [0.4, 0.5) is 0 Å². The first-order valence-corrected chi connectivity index (χ1v) is 5.88. The molecule has 0 spiro atoms. The van der Waals surface area contributed by atoms with Crippen LogP contribution in [0.15, 0.2) is 0 Å². The molecule has 0 bridgehead atoms. The van der Waals surface area contributed by atoms with E-state index in [0.29, 0.717) is 25.7 Å². The molecule has 16 heavy (non-hydrogen) atoms. The highest BCUT2D eigenvalue weighted by Gasteiger charge is 2.41. The van der Waals surface area contributed by atoms with E-state index in [0.717, 1.165) is 12.8 Å². The zero-order valence-corrected chi connectivity index (χ0v) is 9.95. The van der Waals surface area contributed by atoms with E-state index in [9.17, 15) is 14.9 Å². The SMILES string of the molecule is CCC(C#N)(CC)N1C(=O)CCCCC1=O. The summed E-state index contributed by atoms with van der Waals surface area (Å²) in [6.45, 7) is 3.69. The van der Waals surface area contributed by atoms with Crippen molar-refractivity contribution in [1.29, 1.82) is 5.26 Å². The van der Waals surface area contributed by atoms with Crippen LogP contribution in [-0.4, -0.2) is 22.3 Å². The molecule has 0 aromatic carbocycles. The van der Waals surface area contributed by atoms with Crippen molar-refractivity contribution in [1.82, 2.24) is 4.90 Å². The number of nitriles is 1. The third-order valence-corrected chi connectivity index (χ3v) is 3.34. The molecule has 88 valence electrons. The van der Waals surface area contributed by atoms with Crippen molar-refractivity contribution in [3.05, 3.63) is 0 Å². The molecule has 2 amide bonds. The second kappa shape index (κ2) is 5.11. The summed E-state index contributed by atoms with van der Waals surface area (Å²) in [6, 6.07) is 2.16. The Bertz CT molecular complexity index is 308. The van der Waals surface area contributed by atoms with Crippen LogP contribution in [0.25, 0.3) is 0 Å². The van der Waals surface area contributed by atoms with Crippen LogP contribution < -0.4 is 0 Å². The maximum absolute atomic E-state index is 11.9. The highest BCUT2D eigenvalue weighted by Crippen LogP contribution is 2.27. The monoisotopic (exact) mass is 222 g/mol. The second-order valence-corrected chi connectivity index (χ2v) is 4.18. The van der Waals surface area contributed by atoms with Crippen LogP contribution in [-0.2, 0) is 9.59 Å². The van der Waals surface area contributed by atoms with Gasteiger partial charge in [-0.2, -0.15) is 5.26 Å². The molecule has 0 N–H and O–H groups in total. The fourth-order valence-electron chi connectivity index (χ4n) is 2.17. The molecule has 1 aliphatic heterocycles. The van der Waals surface area contributed by atoms with Gasteiger partial charge >= 0.3 is 0 Å². The van der Waals surface area contributed by atoms with Gasteiger partial charge in [-0.05, 0) is 25.7 Å².